The lowest BCUT2D eigenvalue weighted by atomic mass is 9.95. The Bertz CT molecular complexity index is 1460. The summed E-state index contributed by atoms with van der Waals surface area (Å²) in [5.74, 6) is -0.432. The molecule has 0 unspecified atom stereocenters. The summed E-state index contributed by atoms with van der Waals surface area (Å²) < 4.78 is 34.5. The van der Waals surface area contributed by atoms with Gasteiger partial charge < -0.3 is 4.74 Å². The molecule has 0 amide bonds. The van der Waals surface area contributed by atoms with E-state index in [1.165, 1.54) is 10.6 Å². The highest BCUT2D eigenvalue weighted by atomic mass is 79.9. The second-order valence-corrected chi connectivity index (χ2v) is 9.84. The van der Waals surface area contributed by atoms with Crippen LogP contribution < -0.4 is 10.3 Å². The minimum Gasteiger partial charge on any atom is -0.487 e. The summed E-state index contributed by atoms with van der Waals surface area (Å²) in [4.78, 5) is 26.7. The normalized spacial score (nSPS) is 11.5. The highest BCUT2D eigenvalue weighted by Crippen LogP contribution is 2.27. The van der Waals surface area contributed by atoms with Gasteiger partial charge in [-0.25, -0.2) is 18.7 Å². The molecule has 35 heavy (non-hydrogen) atoms. The molecule has 0 atom stereocenters. The molecule has 9 heteroatoms. The van der Waals surface area contributed by atoms with Gasteiger partial charge in [0.15, 0.2) is 0 Å². The van der Waals surface area contributed by atoms with E-state index in [9.17, 15) is 13.6 Å². The quantitative estimate of drug-likeness (QED) is 0.314. The first-order valence-electron chi connectivity index (χ1n) is 10.8. The summed E-state index contributed by atoms with van der Waals surface area (Å²) >= 11 is 3.31. The van der Waals surface area contributed by atoms with Crippen LogP contribution >= 0.6 is 15.9 Å². The summed E-state index contributed by atoms with van der Waals surface area (Å²) in [6.45, 7) is 7.71. The van der Waals surface area contributed by atoms with E-state index in [1.54, 1.807) is 43.6 Å². The van der Waals surface area contributed by atoms with Crippen LogP contribution in [0.15, 0.2) is 64.1 Å². The fraction of sp³-hybridized carbons (Fsp3) is 0.231. The maximum atomic E-state index is 14.0. The van der Waals surface area contributed by atoms with Gasteiger partial charge in [-0.1, -0.05) is 20.8 Å². The van der Waals surface area contributed by atoms with E-state index in [2.05, 4.69) is 30.9 Å². The third-order valence-corrected chi connectivity index (χ3v) is 6.02. The summed E-state index contributed by atoms with van der Waals surface area (Å²) in [7, 11) is 0. The van der Waals surface area contributed by atoms with Crippen molar-refractivity contribution in [3.8, 4) is 22.8 Å². The van der Waals surface area contributed by atoms with E-state index >= 15 is 0 Å². The Morgan fingerprint density at radius 3 is 2.46 bits per heavy atom. The Labute approximate surface area is 209 Å². The minimum absolute atomic E-state index is 0.156. The van der Waals surface area contributed by atoms with Crippen LogP contribution in [0.1, 0.15) is 37.9 Å². The largest absolute Gasteiger partial charge is 0.487 e. The number of aryl methyl sites for hydroxylation is 1. The van der Waals surface area contributed by atoms with E-state index < -0.39 is 11.6 Å². The molecular weight excluding hydrogens is 518 g/mol. The van der Waals surface area contributed by atoms with Crippen molar-refractivity contribution in [2.45, 2.75) is 39.7 Å². The molecule has 0 aliphatic rings. The molecule has 0 fully saturated rings. The number of ether oxygens (including phenoxy) is 1. The Morgan fingerprint density at radius 2 is 1.74 bits per heavy atom. The summed E-state index contributed by atoms with van der Waals surface area (Å²) in [5.41, 5.74) is 2.06. The number of nitrogens with zero attached hydrogens (tertiary/aromatic N) is 4. The molecule has 0 radical (unpaired) electrons. The predicted molar refractivity (Wildman–Crippen MR) is 133 cm³/mol. The summed E-state index contributed by atoms with van der Waals surface area (Å²) in [6.07, 6.45) is 3.31. The Hall–Kier alpha value is -3.46. The third-order valence-electron chi connectivity index (χ3n) is 5.29. The van der Waals surface area contributed by atoms with Crippen LogP contribution in [0.25, 0.3) is 17.1 Å². The van der Waals surface area contributed by atoms with Crippen LogP contribution in [0.4, 0.5) is 8.78 Å². The summed E-state index contributed by atoms with van der Waals surface area (Å²) in [5, 5.41) is 0. The van der Waals surface area contributed by atoms with Crippen LogP contribution in [-0.2, 0) is 12.0 Å². The molecule has 3 heterocycles. The van der Waals surface area contributed by atoms with Crippen molar-refractivity contribution in [3.05, 3.63) is 98.4 Å². The zero-order valence-electron chi connectivity index (χ0n) is 19.6. The first kappa shape index (κ1) is 24.7. The van der Waals surface area contributed by atoms with Crippen LogP contribution in [0.3, 0.4) is 0 Å². The zero-order chi connectivity index (χ0) is 25.3. The van der Waals surface area contributed by atoms with Gasteiger partial charge in [-0.15, -0.1) is 0 Å². The van der Waals surface area contributed by atoms with Gasteiger partial charge in [0.25, 0.3) is 5.56 Å². The molecule has 0 N–H and O–H groups in total. The van der Waals surface area contributed by atoms with Crippen LogP contribution in [0, 0.1) is 18.6 Å². The molecule has 0 spiro atoms. The fourth-order valence-electron chi connectivity index (χ4n) is 3.46. The van der Waals surface area contributed by atoms with E-state index in [1.807, 2.05) is 20.8 Å². The van der Waals surface area contributed by atoms with E-state index in [0.29, 0.717) is 28.6 Å². The molecular formula is C26H23BrF2N4O2. The molecule has 3 aromatic heterocycles. The average molecular weight is 541 g/mol. The van der Waals surface area contributed by atoms with Gasteiger partial charge in [0, 0.05) is 41.2 Å². The molecule has 4 rings (SSSR count). The lowest BCUT2D eigenvalue weighted by Crippen LogP contribution is -2.22. The van der Waals surface area contributed by atoms with Gasteiger partial charge >= 0.3 is 0 Å². The molecule has 0 aliphatic heterocycles. The number of benzene rings is 1. The second-order valence-electron chi connectivity index (χ2n) is 9.04. The van der Waals surface area contributed by atoms with Gasteiger partial charge in [0.05, 0.1) is 17.1 Å². The van der Waals surface area contributed by atoms with Crippen LogP contribution in [-0.4, -0.2) is 19.5 Å². The van der Waals surface area contributed by atoms with Gasteiger partial charge in [-0.05, 0) is 53.2 Å². The Morgan fingerprint density at radius 1 is 1.00 bits per heavy atom. The molecule has 0 saturated heterocycles. The van der Waals surface area contributed by atoms with Gasteiger partial charge in [-0.3, -0.25) is 14.3 Å². The van der Waals surface area contributed by atoms with Crippen molar-refractivity contribution in [2.75, 3.05) is 0 Å². The maximum Gasteiger partial charge on any atom is 0.273 e. The van der Waals surface area contributed by atoms with Gasteiger partial charge in [0.1, 0.15) is 34.3 Å². The standard InChI is InChI=1S/C26H23BrF2N4O2/c1-15-11-22(35-14-16-5-6-17(28)12-19(16)29)23(27)24(34)33(15)18-7-9-30-21(13-18)20-8-10-31-25(32-20)26(2,3)4/h5-13H,14H2,1-4H3. The van der Waals surface area contributed by atoms with Gasteiger partial charge in [0.2, 0.25) is 0 Å². The number of pyridine rings is 2. The molecule has 0 saturated carbocycles. The smallest absolute Gasteiger partial charge is 0.273 e. The van der Waals surface area contributed by atoms with Crippen molar-refractivity contribution in [1.82, 2.24) is 19.5 Å². The zero-order valence-corrected chi connectivity index (χ0v) is 21.2. The summed E-state index contributed by atoms with van der Waals surface area (Å²) in [6, 6.07) is 10.2. The predicted octanol–water partition coefficient (Wildman–Crippen LogP) is 5.92. The lowest BCUT2D eigenvalue weighted by molar-refractivity contribution is 0.296. The second kappa shape index (κ2) is 9.65. The highest BCUT2D eigenvalue weighted by molar-refractivity contribution is 9.10. The number of aromatic nitrogens is 4. The SMILES string of the molecule is Cc1cc(OCc2ccc(F)cc2F)c(Br)c(=O)n1-c1ccnc(-c2ccnc(C(C)(C)C)n2)c1. The minimum atomic E-state index is -0.713. The van der Waals surface area contributed by atoms with Crippen molar-refractivity contribution in [3.63, 3.8) is 0 Å². The number of hydrogen-bond acceptors (Lipinski definition) is 5. The average Bonchev–Trinajstić information content (AvgIpc) is 2.81. The molecule has 0 bridgehead atoms. The van der Waals surface area contributed by atoms with Crippen molar-refractivity contribution < 1.29 is 13.5 Å². The Balaban J connectivity index is 1.67. The third kappa shape index (κ3) is 5.30. The topological polar surface area (TPSA) is 69.9 Å². The molecule has 1 aromatic carbocycles. The van der Waals surface area contributed by atoms with Crippen molar-refractivity contribution in [1.29, 1.82) is 0 Å². The fourth-order valence-corrected chi connectivity index (χ4v) is 3.87. The molecule has 6 nitrogen and oxygen atoms in total. The molecule has 0 aliphatic carbocycles. The monoisotopic (exact) mass is 540 g/mol. The van der Waals surface area contributed by atoms with Crippen LogP contribution in [0.5, 0.6) is 5.75 Å². The van der Waals surface area contributed by atoms with Crippen LogP contribution in [0.2, 0.25) is 0 Å². The number of hydrogen-bond donors (Lipinski definition) is 0. The van der Waals surface area contributed by atoms with E-state index in [4.69, 9.17) is 4.74 Å². The van der Waals surface area contributed by atoms with Crippen molar-refractivity contribution >= 4 is 15.9 Å². The van der Waals surface area contributed by atoms with Gasteiger partial charge in [-0.2, -0.15) is 0 Å². The van der Waals surface area contributed by atoms with E-state index in [-0.39, 0.29) is 33.4 Å². The molecule has 180 valence electrons. The number of halogens is 3. The molecule has 4 aromatic rings. The first-order chi connectivity index (χ1) is 16.5. The van der Waals surface area contributed by atoms with E-state index in [0.717, 1.165) is 12.1 Å². The highest BCUT2D eigenvalue weighted by Gasteiger charge is 2.19. The first-order valence-corrected chi connectivity index (χ1v) is 11.6. The Kier molecular flexibility index (Phi) is 6.80. The lowest BCUT2D eigenvalue weighted by Gasteiger charge is -2.17. The van der Waals surface area contributed by atoms with Crippen molar-refractivity contribution in [2.24, 2.45) is 0 Å². The number of rotatable bonds is 5. The maximum absolute atomic E-state index is 14.0.